The van der Waals surface area contributed by atoms with Gasteiger partial charge in [0, 0.05) is 12.1 Å². The second kappa shape index (κ2) is 8.92. The number of nitriles is 1. The van der Waals surface area contributed by atoms with E-state index in [1.165, 1.54) is 0 Å². The summed E-state index contributed by atoms with van der Waals surface area (Å²) in [5.74, 6) is 0.414. The van der Waals surface area contributed by atoms with Crippen LogP contribution in [0.4, 0.5) is 0 Å². The van der Waals surface area contributed by atoms with Crippen LogP contribution in [-0.4, -0.2) is 18.1 Å². The van der Waals surface area contributed by atoms with Crippen LogP contribution in [0.15, 0.2) is 42.5 Å². The third-order valence-electron chi connectivity index (χ3n) is 3.56. The molecule has 4 nitrogen and oxygen atoms in total. The molecule has 0 spiro atoms. The number of nitrogens with one attached hydrogen (secondary N) is 1. The second-order valence-electron chi connectivity index (χ2n) is 5.47. The molecule has 0 aliphatic carbocycles. The highest BCUT2D eigenvalue weighted by molar-refractivity contribution is 5.39. The first kappa shape index (κ1) is 17.0. The van der Waals surface area contributed by atoms with Gasteiger partial charge in [-0.3, -0.25) is 0 Å². The molecule has 1 atom stereocenters. The van der Waals surface area contributed by atoms with E-state index in [-0.39, 0.29) is 6.10 Å². The minimum Gasteiger partial charge on any atom is -0.468 e. The van der Waals surface area contributed by atoms with Crippen LogP contribution in [0.1, 0.15) is 42.7 Å². The molecular weight excluding hydrogens is 286 g/mol. The van der Waals surface area contributed by atoms with Crippen LogP contribution in [0.2, 0.25) is 0 Å². The van der Waals surface area contributed by atoms with Gasteiger partial charge in [-0.15, -0.1) is 0 Å². The summed E-state index contributed by atoms with van der Waals surface area (Å²) in [6.07, 6.45) is 1.81. The number of aromatic nitrogens is 1. The summed E-state index contributed by atoms with van der Waals surface area (Å²) in [5, 5.41) is 12.7. The third-order valence-corrected chi connectivity index (χ3v) is 3.56. The quantitative estimate of drug-likeness (QED) is 0.754. The smallest absolute Gasteiger partial charge is 0.232 e. The lowest BCUT2D eigenvalue weighted by Gasteiger charge is -2.20. The molecule has 0 radical (unpaired) electrons. The van der Waals surface area contributed by atoms with E-state index in [4.69, 9.17) is 4.74 Å². The van der Waals surface area contributed by atoms with Crippen molar-refractivity contribution in [3.63, 3.8) is 0 Å². The van der Waals surface area contributed by atoms with Crippen LogP contribution in [0.25, 0.3) is 0 Å². The SMILES string of the molecule is CCCNCC[C@@H](Oc1nc(C)ccc1C#N)c1ccccc1. The Hall–Kier alpha value is -2.38. The lowest BCUT2D eigenvalue weighted by atomic mass is 10.1. The number of benzene rings is 1. The van der Waals surface area contributed by atoms with Gasteiger partial charge in [0.05, 0.1) is 0 Å². The number of pyridine rings is 1. The molecule has 1 N–H and O–H groups in total. The van der Waals surface area contributed by atoms with Crippen molar-refractivity contribution in [3.05, 3.63) is 59.3 Å². The Bertz CT molecular complexity index is 649. The van der Waals surface area contributed by atoms with E-state index < -0.39 is 0 Å². The van der Waals surface area contributed by atoms with Crippen molar-refractivity contribution in [1.82, 2.24) is 10.3 Å². The largest absolute Gasteiger partial charge is 0.468 e. The average molecular weight is 309 g/mol. The van der Waals surface area contributed by atoms with Gasteiger partial charge in [0.15, 0.2) is 0 Å². The molecule has 0 bridgehead atoms. The minimum atomic E-state index is -0.123. The van der Waals surface area contributed by atoms with Gasteiger partial charge >= 0.3 is 0 Å². The zero-order chi connectivity index (χ0) is 16.5. The number of ether oxygens (including phenoxy) is 1. The topological polar surface area (TPSA) is 57.9 Å². The summed E-state index contributed by atoms with van der Waals surface area (Å²) in [6, 6.07) is 15.8. The predicted octanol–water partition coefficient (Wildman–Crippen LogP) is 3.77. The van der Waals surface area contributed by atoms with Gasteiger partial charge in [0.25, 0.3) is 0 Å². The van der Waals surface area contributed by atoms with Gasteiger partial charge in [-0.25, -0.2) is 4.98 Å². The fourth-order valence-corrected chi connectivity index (χ4v) is 2.34. The number of aryl methyl sites for hydroxylation is 1. The molecule has 23 heavy (non-hydrogen) atoms. The highest BCUT2D eigenvalue weighted by Crippen LogP contribution is 2.26. The Labute approximate surface area is 138 Å². The first-order valence-corrected chi connectivity index (χ1v) is 8.04. The number of hydrogen-bond donors (Lipinski definition) is 1. The fraction of sp³-hybridized carbons (Fsp3) is 0.368. The van der Waals surface area contributed by atoms with Crippen molar-refractivity contribution in [1.29, 1.82) is 5.26 Å². The zero-order valence-electron chi connectivity index (χ0n) is 13.7. The lowest BCUT2D eigenvalue weighted by Crippen LogP contribution is -2.21. The van der Waals surface area contributed by atoms with Gasteiger partial charge in [-0.2, -0.15) is 5.26 Å². The average Bonchev–Trinajstić information content (AvgIpc) is 2.58. The van der Waals surface area contributed by atoms with Gasteiger partial charge in [-0.05, 0) is 44.1 Å². The van der Waals surface area contributed by atoms with E-state index in [9.17, 15) is 5.26 Å². The Morgan fingerprint density at radius 1 is 1.17 bits per heavy atom. The standard InChI is InChI=1S/C19H23N3O/c1-3-12-21-13-11-18(16-7-5-4-6-8-16)23-19-17(14-20)10-9-15(2)22-19/h4-10,18,21H,3,11-13H2,1-2H3/t18-/m1/s1. The highest BCUT2D eigenvalue weighted by Gasteiger charge is 2.16. The van der Waals surface area contributed by atoms with Crippen LogP contribution >= 0.6 is 0 Å². The molecule has 0 unspecified atom stereocenters. The monoisotopic (exact) mass is 309 g/mol. The molecule has 2 rings (SSSR count). The highest BCUT2D eigenvalue weighted by atomic mass is 16.5. The Kier molecular flexibility index (Phi) is 6.58. The van der Waals surface area contributed by atoms with Crippen molar-refractivity contribution < 1.29 is 4.74 Å². The summed E-state index contributed by atoms with van der Waals surface area (Å²) in [6.45, 7) is 5.90. The van der Waals surface area contributed by atoms with E-state index in [0.29, 0.717) is 11.4 Å². The maximum absolute atomic E-state index is 9.26. The molecule has 0 amide bonds. The van der Waals surface area contributed by atoms with Gasteiger partial charge in [0.1, 0.15) is 17.7 Å². The summed E-state index contributed by atoms with van der Waals surface area (Å²) >= 11 is 0. The molecule has 0 saturated carbocycles. The number of rotatable bonds is 8. The van der Waals surface area contributed by atoms with Gasteiger partial charge in [0.2, 0.25) is 5.88 Å². The second-order valence-corrected chi connectivity index (χ2v) is 5.47. The fourth-order valence-electron chi connectivity index (χ4n) is 2.34. The molecule has 1 heterocycles. The summed E-state index contributed by atoms with van der Waals surface area (Å²) < 4.78 is 6.11. The summed E-state index contributed by atoms with van der Waals surface area (Å²) in [7, 11) is 0. The first-order valence-electron chi connectivity index (χ1n) is 8.04. The van der Waals surface area contributed by atoms with E-state index in [0.717, 1.165) is 37.2 Å². The molecule has 0 aliphatic heterocycles. The van der Waals surface area contributed by atoms with E-state index >= 15 is 0 Å². The van der Waals surface area contributed by atoms with Gasteiger partial charge < -0.3 is 10.1 Å². The molecule has 2 aromatic rings. The van der Waals surface area contributed by atoms with Crippen molar-refractivity contribution in [2.45, 2.75) is 32.8 Å². The molecule has 0 saturated heterocycles. The van der Waals surface area contributed by atoms with E-state index in [1.807, 2.05) is 43.3 Å². The summed E-state index contributed by atoms with van der Waals surface area (Å²) in [5.41, 5.74) is 2.41. The van der Waals surface area contributed by atoms with Crippen LogP contribution in [-0.2, 0) is 0 Å². The predicted molar refractivity (Wildman–Crippen MR) is 91.3 cm³/mol. The molecule has 0 aliphatic rings. The van der Waals surface area contributed by atoms with Crippen LogP contribution in [0.5, 0.6) is 5.88 Å². The molecular formula is C19H23N3O. The van der Waals surface area contributed by atoms with Crippen LogP contribution in [0, 0.1) is 18.3 Å². The molecule has 4 heteroatoms. The number of nitrogens with zero attached hydrogens (tertiary/aromatic N) is 2. The van der Waals surface area contributed by atoms with E-state index in [2.05, 4.69) is 23.3 Å². The number of hydrogen-bond acceptors (Lipinski definition) is 4. The normalized spacial score (nSPS) is 11.7. The van der Waals surface area contributed by atoms with Crippen molar-refractivity contribution >= 4 is 0 Å². The molecule has 1 aromatic carbocycles. The van der Waals surface area contributed by atoms with Crippen molar-refractivity contribution in [2.75, 3.05) is 13.1 Å². The molecule has 0 fully saturated rings. The minimum absolute atomic E-state index is 0.123. The zero-order valence-corrected chi connectivity index (χ0v) is 13.7. The molecule has 120 valence electrons. The maximum Gasteiger partial charge on any atom is 0.232 e. The Balaban J connectivity index is 2.17. The Morgan fingerprint density at radius 3 is 2.65 bits per heavy atom. The van der Waals surface area contributed by atoms with Gasteiger partial charge in [-0.1, -0.05) is 37.3 Å². The lowest BCUT2D eigenvalue weighted by molar-refractivity contribution is 0.185. The maximum atomic E-state index is 9.26. The van der Waals surface area contributed by atoms with Crippen LogP contribution < -0.4 is 10.1 Å². The molecule has 1 aromatic heterocycles. The van der Waals surface area contributed by atoms with Crippen molar-refractivity contribution in [2.24, 2.45) is 0 Å². The first-order chi connectivity index (χ1) is 11.2. The third kappa shape index (κ3) is 5.08. The van der Waals surface area contributed by atoms with Crippen LogP contribution in [0.3, 0.4) is 0 Å². The van der Waals surface area contributed by atoms with E-state index in [1.54, 1.807) is 6.07 Å². The Morgan fingerprint density at radius 2 is 1.96 bits per heavy atom. The summed E-state index contributed by atoms with van der Waals surface area (Å²) in [4.78, 5) is 4.39. The van der Waals surface area contributed by atoms with Crippen molar-refractivity contribution in [3.8, 4) is 11.9 Å².